The number of hydrogen-bond acceptors (Lipinski definition) is 2. The molecule has 1 aromatic heterocycles. The lowest BCUT2D eigenvalue weighted by Crippen LogP contribution is -2.38. The Bertz CT molecular complexity index is 334. The molecule has 3 N–H and O–H groups in total. The quantitative estimate of drug-likeness (QED) is 0.494. The van der Waals surface area contributed by atoms with Gasteiger partial charge < -0.3 is 11.1 Å². The summed E-state index contributed by atoms with van der Waals surface area (Å²) in [7, 11) is 1.88. The fourth-order valence-corrected chi connectivity index (χ4v) is 1.13. The van der Waals surface area contributed by atoms with Gasteiger partial charge in [0.25, 0.3) is 0 Å². The molecule has 0 aromatic carbocycles. The zero-order chi connectivity index (χ0) is 11.3. The van der Waals surface area contributed by atoms with Gasteiger partial charge >= 0.3 is 0 Å². The number of hydrogen-bond donors (Lipinski definition) is 2. The molecule has 1 aromatic rings. The van der Waals surface area contributed by atoms with Gasteiger partial charge in [-0.3, -0.25) is 4.68 Å². The van der Waals surface area contributed by atoms with Gasteiger partial charge in [-0.1, -0.05) is 6.92 Å². The van der Waals surface area contributed by atoms with Gasteiger partial charge in [0.2, 0.25) is 0 Å². The van der Waals surface area contributed by atoms with Crippen LogP contribution in [-0.2, 0) is 13.6 Å². The second-order valence-electron chi connectivity index (χ2n) is 3.68. The Morgan fingerprint density at radius 2 is 2.38 bits per heavy atom. The highest BCUT2D eigenvalue weighted by atomic mass is 127. The van der Waals surface area contributed by atoms with Gasteiger partial charge in [-0.25, -0.2) is 4.99 Å². The van der Waals surface area contributed by atoms with Crippen LogP contribution in [0.1, 0.15) is 25.8 Å². The molecule has 16 heavy (non-hydrogen) atoms. The predicted molar refractivity (Wildman–Crippen MR) is 76.8 cm³/mol. The van der Waals surface area contributed by atoms with Crippen molar-refractivity contribution in [2.24, 2.45) is 17.8 Å². The molecule has 0 radical (unpaired) electrons. The normalized spacial score (nSPS) is 13.1. The second kappa shape index (κ2) is 7.48. The topological polar surface area (TPSA) is 68.2 Å². The molecule has 0 saturated carbocycles. The average molecular weight is 337 g/mol. The molecule has 0 aliphatic carbocycles. The van der Waals surface area contributed by atoms with Gasteiger partial charge in [0.15, 0.2) is 5.96 Å². The number of nitrogens with one attached hydrogen (secondary N) is 1. The fourth-order valence-electron chi connectivity index (χ4n) is 1.13. The van der Waals surface area contributed by atoms with Crippen LogP contribution in [0, 0.1) is 0 Å². The van der Waals surface area contributed by atoms with E-state index in [1.165, 1.54) is 0 Å². The Kier molecular flexibility index (Phi) is 7.11. The molecule has 0 aliphatic rings. The van der Waals surface area contributed by atoms with Crippen LogP contribution in [0.25, 0.3) is 0 Å². The third-order valence-corrected chi connectivity index (χ3v) is 2.20. The van der Waals surface area contributed by atoms with Gasteiger partial charge in [0.1, 0.15) is 0 Å². The van der Waals surface area contributed by atoms with E-state index in [1.54, 1.807) is 10.9 Å². The van der Waals surface area contributed by atoms with Crippen LogP contribution >= 0.6 is 24.0 Å². The Labute approximate surface area is 114 Å². The highest BCUT2D eigenvalue weighted by Gasteiger charge is 1.99. The number of aryl methyl sites for hydroxylation is 1. The average Bonchev–Trinajstić information content (AvgIpc) is 2.61. The molecule has 92 valence electrons. The van der Waals surface area contributed by atoms with Crippen LogP contribution < -0.4 is 11.1 Å². The molecule has 0 fully saturated rings. The summed E-state index contributed by atoms with van der Waals surface area (Å²) < 4.78 is 1.75. The first-order valence-electron chi connectivity index (χ1n) is 5.15. The van der Waals surface area contributed by atoms with E-state index in [0.29, 0.717) is 18.5 Å². The van der Waals surface area contributed by atoms with Gasteiger partial charge in [0.05, 0.1) is 12.7 Å². The van der Waals surface area contributed by atoms with Crippen LogP contribution in [0.3, 0.4) is 0 Å². The van der Waals surface area contributed by atoms with E-state index in [1.807, 2.05) is 13.2 Å². The van der Waals surface area contributed by atoms with Crippen molar-refractivity contribution in [1.82, 2.24) is 15.1 Å². The van der Waals surface area contributed by atoms with Crippen molar-refractivity contribution < 1.29 is 0 Å². The third kappa shape index (κ3) is 5.34. The highest BCUT2D eigenvalue weighted by molar-refractivity contribution is 14.0. The number of guanidine groups is 1. The van der Waals surface area contributed by atoms with E-state index in [0.717, 1.165) is 12.0 Å². The molecule has 0 saturated heterocycles. The standard InChI is InChI=1S/C10H19N5.HI/c1-4-8(2)14-10(11)12-5-9-6-13-15(3)7-9;/h6-8H,4-5H2,1-3H3,(H3,11,12,14);1H. The van der Waals surface area contributed by atoms with Gasteiger partial charge in [-0.05, 0) is 13.3 Å². The maximum Gasteiger partial charge on any atom is 0.189 e. The fraction of sp³-hybridized carbons (Fsp3) is 0.600. The number of aromatic nitrogens is 2. The minimum absolute atomic E-state index is 0. The summed E-state index contributed by atoms with van der Waals surface area (Å²) in [5.41, 5.74) is 6.78. The minimum atomic E-state index is 0. The van der Waals surface area contributed by atoms with Crippen molar-refractivity contribution in [2.45, 2.75) is 32.9 Å². The number of nitrogens with zero attached hydrogens (tertiary/aromatic N) is 3. The zero-order valence-electron chi connectivity index (χ0n) is 9.97. The molecule has 1 atom stereocenters. The molecule has 1 rings (SSSR count). The van der Waals surface area contributed by atoms with E-state index < -0.39 is 0 Å². The largest absolute Gasteiger partial charge is 0.370 e. The van der Waals surface area contributed by atoms with E-state index in [9.17, 15) is 0 Å². The van der Waals surface area contributed by atoms with E-state index in [4.69, 9.17) is 5.73 Å². The predicted octanol–water partition coefficient (Wildman–Crippen LogP) is 1.24. The van der Waals surface area contributed by atoms with Crippen LogP contribution in [-0.4, -0.2) is 21.8 Å². The highest BCUT2D eigenvalue weighted by Crippen LogP contribution is 1.97. The monoisotopic (exact) mass is 337 g/mol. The molecule has 0 aliphatic heterocycles. The molecule has 0 amide bonds. The second-order valence-corrected chi connectivity index (χ2v) is 3.68. The molecular weight excluding hydrogens is 317 g/mol. The Balaban J connectivity index is 0.00000225. The summed E-state index contributed by atoms with van der Waals surface area (Å²) in [6.07, 6.45) is 4.75. The van der Waals surface area contributed by atoms with Crippen molar-refractivity contribution in [2.75, 3.05) is 0 Å². The lowest BCUT2D eigenvalue weighted by molar-refractivity contribution is 0.636. The first-order valence-corrected chi connectivity index (χ1v) is 5.15. The summed E-state index contributed by atoms with van der Waals surface area (Å²) in [6, 6.07) is 0.364. The third-order valence-electron chi connectivity index (χ3n) is 2.20. The molecular formula is C10H20IN5. The van der Waals surface area contributed by atoms with Crippen molar-refractivity contribution in [1.29, 1.82) is 0 Å². The molecule has 1 heterocycles. The molecule has 6 heteroatoms. The number of rotatable bonds is 4. The molecule has 1 unspecified atom stereocenters. The number of nitrogens with two attached hydrogens (primary N) is 1. The van der Waals surface area contributed by atoms with Crippen LogP contribution in [0.15, 0.2) is 17.4 Å². The van der Waals surface area contributed by atoms with Crippen LogP contribution in [0.5, 0.6) is 0 Å². The van der Waals surface area contributed by atoms with E-state index in [2.05, 4.69) is 29.3 Å². The van der Waals surface area contributed by atoms with E-state index in [-0.39, 0.29) is 24.0 Å². The van der Waals surface area contributed by atoms with Crippen molar-refractivity contribution >= 4 is 29.9 Å². The Morgan fingerprint density at radius 3 is 2.88 bits per heavy atom. The van der Waals surface area contributed by atoms with Crippen molar-refractivity contribution in [3.63, 3.8) is 0 Å². The lowest BCUT2D eigenvalue weighted by Gasteiger charge is -2.11. The Morgan fingerprint density at radius 1 is 1.69 bits per heavy atom. The van der Waals surface area contributed by atoms with Crippen LogP contribution in [0.2, 0.25) is 0 Å². The number of halogens is 1. The van der Waals surface area contributed by atoms with Gasteiger partial charge in [-0.15, -0.1) is 24.0 Å². The smallest absolute Gasteiger partial charge is 0.189 e. The summed E-state index contributed by atoms with van der Waals surface area (Å²) in [4.78, 5) is 4.23. The summed E-state index contributed by atoms with van der Waals surface area (Å²) in [5, 5.41) is 7.16. The van der Waals surface area contributed by atoms with Gasteiger partial charge in [0, 0.05) is 24.8 Å². The van der Waals surface area contributed by atoms with Crippen molar-refractivity contribution in [3.05, 3.63) is 18.0 Å². The maximum absolute atomic E-state index is 5.72. The SMILES string of the molecule is CCC(C)NC(N)=NCc1cnn(C)c1.I. The van der Waals surface area contributed by atoms with Crippen LogP contribution in [0.4, 0.5) is 0 Å². The maximum atomic E-state index is 5.72. The van der Waals surface area contributed by atoms with Gasteiger partial charge in [-0.2, -0.15) is 5.10 Å². The summed E-state index contributed by atoms with van der Waals surface area (Å²) in [6.45, 7) is 4.75. The zero-order valence-corrected chi connectivity index (χ0v) is 12.3. The molecule has 0 bridgehead atoms. The van der Waals surface area contributed by atoms with E-state index >= 15 is 0 Å². The van der Waals surface area contributed by atoms with Crippen molar-refractivity contribution in [3.8, 4) is 0 Å². The summed E-state index contributed by atoms with van der Waals surface area (Å²) >= 11 is 0. The molecule has 0 spiro atoms. The lowest BCUT2D eigenvalue weighted by atomic mass is 10.3. The number of aliphatic imine (C=N–C) groups is 1. The minimum Gasteiger partial charge on any atom is -0.370 e. The Hall–Kier alpha value is -0.790. The molecule has 5 nitrogen and oxygen atoms in total. The first kappa shape index (κ1) is 15.2. The first-order chi connectivity index (χ1) is 7.11. The summed E-state index contributed by atoms with van der Waals surface area (Å²) in [5.74, 6) is 0.494.